The highest BCUT2D eigenvalue weighted by atomic mass is 16.7. The van der Waals surface area contributed by atoms with Crippen LogP contribution in [0.1, 0.15) is 46.1 Å². The van der Waals surface area contributed by atoms with Gasteiger partial charge < -0.3 is 29.8 Å². The maximum atomic E-state index is 12.8. The standard InChI is InChI=1S/C21H33BN2O6/c1-20(2)21(3,4)30-22(29-20)17(13-9-12-15-10-7-6-8-11-15)24-18(25)16(14-28-5)23-19(26)27/h6-8,10-11,16-17,23H,9,12-14H2,1-5H3,(H,24,25)(H,26,27)/t16-,17+/m1/s1. The lowest BCUT2D eigenvalue weighted by molar-refractivity contribution is -0.124. The van der Waals surface area contributed by atoms with Crippen LogP contribution in [0.25, 0.3) is 0 Å². The van der Waals surface area contributed by atoms with Crippen LogP contribution in [0, 0.1) is 0 Å². The molecule has 1 aliphatic rings. The van der Waals surface area contributed by atoms with Crippen LogP contribution in [0.5, 0.6) is 0 Å². The number of carboxylic acid groups (broad SMARTS) is 1. The molecule has 1 saturated heterocycles. The predicted octanol–water partition coefficient (Wildman–Crippen LogP) is 2.41. The first-order valence-corrected chi connectivity index (χ1v) is 10.2. The molecule has 1 aromatic carbocycles. The second kappa shape index (κ2) is 10.3. The number of hydrogen-bond acceptors (Lipinski definition) is 5. The molecular formula is C21H33BN2O6. The van der Waals surface area contributed by atoms with Gasteiger partial charge in [0.05, 0.1) is 23.8 Å². The number of rotatable bonds is 10. The van der Waals surface area contributed by atoms with Crippen LogP contribution < -0.4 is 10.6 Å². The van der Waals surface area contributed by atoms with E-state index in [9.17, 15) is 9.59 Å². The highest BCUT2D eigenvalue weighted by Crippen LogP contribution is 2.38. The largest absolute Gasteiger partial charge is 0.481 e. The molecule has 1 aliphatic heterocycles. The monoisotopic (exact) mass is 420 g/mol. The van der Waals surface area contributed by atoms with E-state index in [-0.39, 0.29) is 6.61 Å². The summed E-state index contributed by atoms with van der Waals surface area (Å²) < 4.78 is 17.3. The molecular weight excluding hydrogens is 387 g/mol. The smallest absolute Gasteiger partial charge is 0.465 e. The first-order valence-electron chi connectivity index (χ1n) is 10.2. The molecule has 2 rings (SSSR count). The van der Waals surface area contributed by atoms with Crippen molar-refractivity contribution in [2.45, 2.75) is 70.1 Å². The van der Waals surface area contributed by atoms with E-state index in [2.05, 4.69) is 22.8 Å². The van der Waals surface area contributed by atoms with E-state index in [0.29, 0.717) is 6.42 Å². The van der Waals surface area contributed by atoms with Crippen molar-refractivity contribution in [3.8, 4) is 0 Å². The minimum Gasteiger partial charge on any atom is -0.465 e. The molecule has 8 nitrogen and oxygen atoms in total. The number of amides is 2. The number of aryl methyl sites for hydroxylation is 1. The number of hydrogen-bond donors (Lipinski definition) is 3. The Morgan fingerprint density at radius 1 is 1.10 bits per heavy atom. The number of nitrogens with one attached hydrogen (secondary N) is 2. The molecule has 1 fully saturated rings. The molecule has 30 heavy (non-hydrogen) atoms. The van der Waals surface area contributed by atoms with Gasteiger partial charge in [-0.05, 0) is 52.5 Å². The van der Waals surface area contributed by atoms with Gasteiger partial charge in [-0.2, -0.15) is 0 Å². The molecule has 0 radical (unpaired) electrons. The Morgan fingerprint density at radius 3 is 2.23 bits per heavy atom. The molecule has 2 amide bonds. The molecule has 3 N–H and O–H groups in total. The fraction of sp³-hybridized carbons (Fsp3) is 0.619. The van der Waals surface area contributed by atoms with Crippen molar-refractivity contribution < 1.29 is 28.7 Å². The van der Waals surface area contributed by atoms with Gasteiger partial charge in [-0.3, -0.25) is 4.79 Å². The van der Waals surface area contributed by atoms with Gasteiger partial charge in [-0.25, -0.2) is 4.79 Å². The number of carbonyl (C=O) groups excluding carboxylic acids is 1. The average Bonchev–Trinajstić information content (AvgIpc) is 2.88. The van der Waals surface area contributed by atoms with E-state index in [1.165, 1.54) is 12.7 Å². The fourth-order valence-corrected chi connectivity index (χ4v) is 3.28. The minimum absolute atomic E-state index is 0.0712. The van der Waals surface area contributed by atoms with Crippen LogP contribution in [0.3, 0.4) is 0 Å². The minimum atomic E-state index is -1.29. The van der Waals surface area contributed by atoms with Gasteiger partial charge in [0.2, 0.25) is 5.91 Å². The zero-order valence-corrected chi connectivity index (χ0v) is 18.4. The van der Waals surface area contributed by atoms with Gasteiger partial charge in [0.15, 0.2) is 0 Å². The zero-order chi connectivity index (χ0) is 22.4. The topological polar surface area (TPSA) is 106 Å². The fourth-order valence-electron chi connectivity index (χ4n) is 3.28. The van der Waals surface area contributed by atoms with Gasteiger partial charge in [0.25, 0.3) is 0 Å². The molecule has 166 valence electrons. The van der Waals surface area contributed by atoms with E-state index in [1.54, 1.807) is 0 Å². The second-order valence-corrected chi connectivity index (χ2v) is 8.58. The van der Waals surface area contributed by atoms with Crippen LogP contribution in [0.4, 0.5) is 4.79 Å². The molecule has 1 heterocycles. The van der Waals surface area contributed by atoms with E-state index >= 15 is 0 Å². The summed E-state index contributed by atoms with van der Waals surface area (Å²) >= 11 is 0. The molecule has 0 unspecified atom stereocenters. The zero-order valence-electron chi connectivity index (χ0n) is 18.4. The first-order chi connectivity index (χ1) is 14.1. The Kier molecular flexibility index (Phi) is 8.29. The summed E-state index contributed by atoms with van der Waals surface area (Å²) in [6.45, 7) is 7.74. The van der Waals surface area contributed by atoms with E-state index in [0.717, 1.165) is 12.8 Å². The molecule has 2 atom stereocenters. The van der Waals surface area contributed by atoms with Gasteiger partial charge in [0.1, 0.15) is 6.04 Å². The Labute approximate surface area is 178 Å². The van der Waals surface area contributed by atoms with Crippen LogP contribution >= 0.6 is 0 Å². The van der Waals surface area contributed by atoms with Crippen molar-refractivity contribution in [2.75, 3.05) is 13.7 Å². The maximum absolute atomic E-state index is 12.8. The van der Waals surface area contributed by atoms with Gasteiger partial charge in [-0.15, -0.1) is 0 Å². The third kappa shape index (κ3) is 6.45. The Hall–Kier alpha value is -2.10. The lowest BCUT2D eigenvalue weighted by atomic mass is 9.75. The number of carbonyl (C=O) groups is 2. The summed E-state index contributed by atoms with van der Waals surface area (Å²) in [4.78, 5) is 23.8. The summed E-state index contributed by atoms with van der Waals surface area (Å²) in [5, 5.41) is 14.1. The van der Waals surface area contributed by atoms with Gasteiger partial charge in [-0.1, -0.05) is 30.3 Å². The molecule has 0 aliphatic carbocycles. The lowest BCUT2D eigenvalue weighted by Crippen LogP contribution is -2.55. The SMILES string of the molecule is COC[C@@H](NC(=O)O)C(=O)N[C@@H](CCCc1ccccc1)B1OC(C)(C)C(C)(C)O1. The lowest BCUT2D eigenvalue weighted by Gasteiger charge is -2.32. The highest BCUT2D eigenvalue weighted by Gasteiger charge is 2.54. The van der Waals surface area contributed by atoms with Crippen LogP contribution in [0.15, 0.2) is 30.3 Å². The van der Waals surface area contributed by atoms with Gasteiger partial charge in [0, 0.05) is 7.11 Å². The van der Waals surface area contributed by atoms with Crippen molar-refractivity contribution in [1.29, 1.82) is 0 Å². The first kappa shape index (κ1) is 24.2. The summed E-state index contributed by atoms with van der Waals surface area (Å²) in [5.41, 5.74) is 0.137. The quantitative estimate of drug-likeness (QED) is 0.502. The summed E-state index contributed by atoms with van der Waals surface area (Å²) in [6.07, 6.45) is 0.982. The third-order valence-corrected chi connectivity index (χ3v) is 5.70. The van der Waals surface area contributed by atoms with Crippen LogP contribution in [-0.4, -0.2) is 61.1 Å². The van der Waals surface area contributed by atoms with Crippen LogP contribution in [-0.2, 0) is 25.3 Å². The Balaban J connectivity index is 2.09. The number of ether oxygens (including phenoxy) is 1. The number of benzene rings is 1. The molecule has 0 aromatic heterocycles. The Morgan fingerprint density at radius 2 is 1.70 bits per heavy atom. The van der Waals surface area contributed by atoms with Crippen molar-refractivity contribution in [1.82, 2.24) is 10.6 Å². The molecule has 0 bridgehead atoms. The van der Waals surface area contributed by atoms with Gasteiger partial charge >= 0.3 is 13.2 Å². The molecule has 1 aromatic rings. The second-order valence-electron chi connectivity index (χ2n) is 8.58. The van der Waals surface area contributed by atoms with Crippen molar-refractivity contribution in [3.05, 3.63) is 35.9 Å². The van der Waals surface area contributed by atoms with E-state index < -0.39 is 42.3 Å². The summed E-state index contributed by atoms with van der Waals surface area (Å²) in [6, 6.07) is 9.07. The predicted molar refractivity (Wildman–Crippen MR) is 114 cm³/mol. The third-order valence-electron chi connectivity index (χ3n) is 5.70. The van der Waals surface area contributed by atoms with Crippen molar-refractivity contribution >= 4 is 19.1 Å². The number of methoxy groups -OCH3 is 1. The highest BCUT2D eigenvalue weighted by molar-refractivity contribution is 6.48. The van der Waals surface area contributed by atoms with Crippen molar-refractivity contribution in [2.24, 2.45) is 0 Å². The van der Waals surface area contributed by atoms with Crippen LogP contribution in [0.2, 0.25) is 0 Å². The average molecular weight is 420 g/mol. The van der Waals surface area contributed by atoms with E-state index in [4.69, 9.17) is 19.2 Å². The molecule has 9 heteroatoms. The normalized spacial score (nSPS) is 19.2. The summed E-state index contributed by atoms with van der Waals surface area (Å²) in [7, 11) is 0.776. The summed E-state index contributed by atoms with van der Waals surface area (Å²) in [5.74, 6) is -0.907. The van der Waals surface area contributed by atoms with E-state index in [1.807, 2.05) is 45.9 Å². The maximum Gasteiger partial charge on any atom is 0.481 e. The molecule has 0 spiro atoms. The molecule has 0 saturated carbocycles. The Bertz CT molecular complexity index is 697. The van der Waals surface area contributed by atoms with Crippen molar-refractivity contribution in [3.63, 3.8) is 0 Å².